The normalized spacial score (nSPS) is 24.7. The summed E-state index contributed by atoms with van der Waals surface area (Å²) >= 11 is 1.94. The van der Waals surface area contributed by atoms with Crippen molar-refractivity contribution >= 4 is 30.0 Å². The van der Waals surface area contributed by atoms with Gasteiger partial charge < -0.3 is 19.3 Å². The van der Waals surface area contributed by atoms with Crippen LogP contribution in [0.25, 0.3) is 0 Å². The van der Waals surface area contributed by atoms with E-state index < -0.39 is 24.2 Å². The van der Waals surface area contributed by atoms with E-state index in [-0.39, 0.29) is 41.8 Å². The van der Waals surface area contributed by atoms with Gasteiger partial charge in [-0.2, -0.15) is 0 Å². The van der Waals surface area contributed by atoms with E-state index in [1.165, 1.54) is 31.3 Å². The van der Waals surface area contributed by atoms with Gasteiger partial charge in [0.1, 0.15) is 24.1 Å². The average Bonchev–Trinajstić information content (AvgIpc) is 3.11. The Kier molecular flexibility index (Phi) is 20.7. The molecule has 0 radical (unpaired) electrons. The standard InChI is InChI=1S/C41H67NO7S/c1-28(16-11-10-12-17-29(2)34(7)42-20-13-14-21-50-42)22-32(5)39(45)41(48-9)40(46)33(6)23-30(3)37(44)26-38(49-27-43)31(4)24-35-18-15-19-36(25-35)47-8/h10-12,16-17,23,27-28,30-32,34-36,38,40-41,46H,13-15,18-22,24-26H2,1-9H3/b12-10+,16-11+,29-17+,33-23+/t28-,30-,31-,32?,34?,35?,36?,38+,40?,41+/m1/s1. The Morgan fingerprint density at radius 3 is 2.36 bits per heavy atom. The number of allylic oxidation sites excluding steroid dienone is 6. The predicted molar refractivity (Wildman–Crippen MR) is 205 cm³/mol. The predicted octanol–water partition coefficient (Wildman–Crippen LogP) is 8.10. The van der Waals surface area contributed by atoms with E-state index in [1.807, 2.05) is 37.9 Å². The highest BCUT2D eigenvalue weighted by atomic mass is 32.2. The second-order valence-electron chi connectivity index (χ2n) is 14.9. The summed E-state index contributed by atoms with van der Waals surface area (Å²) in [6.45, 7) is 15.5. The van der Waals surface area contributed by atoms with Crippen LogP contribution < -0.4 is 0 Å². The van der Waals surface area contributed by atoms with Crippen molar-refractivity contribution < 1.29 is 33.7 Å². The van der Waals surface area contributed by atoms with Gasteiger partial charge in [-0.15, -0.1) is 0 Å². The topological polar surface area (TPSA) is 102 Å². The Morgan fingerprint density at radius 2 is 1.72 bits per heavy atom. The number of nitrogens with zero attached hydrogens (tertiary/aromatic N) is 1. The van der Waals surface area contributed by atoms with Gasteiger partial charge in [0.15, 0.2) is 5.78 Å². The Labute approximate surface area is 307 Å². The largest absolute Gasteiger partial charge is 0.464 e. The third kappa shape index (κ3) is 14.9. The van der Waals surface area contributed by atoms with Crippen molar-refractivity contribution in [1.82, 2.24) is 4.31 Å². The molecule has 2 fully saturated rings. The summed E-state index contributed by atoms with van der Waals surface area (Å²) in [5, 5.41) is 11.2. The summed E-state index contributed by atoms with van der Waals surface area (Å²) in [7, 11) is 3.18. The summed E-state index contributed by atoms with van der Waals surface area (Å²) in [6.07, 6.45) is 18.1. The molecule has 50 heavy (non-hydrogen) atoms. The maximum absolute atomic E-state index is 13.4. The van der Waals surface area contributed by atoms with Gasteiger partial charge in [0.2, 0.25) is 0 Å². The van der Waals surface area contributed by atoms with Gasteiger partial charge in [-0.05, 0) is 82.6 Å². The zero-order chi connectivity index (χ0) is 37.2. The molecule has 8 nitrogen and oxygen atoms in total. The van der Waals surface area contributed by atoms with Crippen molar-refractivity contribution in [3.05, 3.63) is 47.6 Å². The van der Waals surface area contributed by atoms with E-state index in [0.717, 1.165) is 38.6 Å². The Morgan fingerprint density at radius 1 is 0.980 bits per heavy atom. The third-order valence-corrected chi connectivity index (χ3v) is 12.0. The number of aliphatic hydroxyl groups excluding tert-OH is 1. The van der Waals surface area contributed by atoms with Crippen LogP contribution in [0.3, 0.4) is 0 Å². The molecule has 0 bridgehead atoms. The molecule has 0 aromatic rings. The molecule has 1 aliphatic carbocycles. The van der Waals surface area contributed by atoms with E-state index in [9.17, 15) is 19.5 Å². The lowest BCUT2D eigenvalue weighted by Crippen LogP contribution is -2.40. The number of Topliss-reactive ketones (excluding diaryl/α,β-unsaturated/α-hetero) is 2. The fourth-order valence-corrected chi connectivity index (χ4v) is 8.47. The molecule has 284 valence electrons. The molecular formula is C41H67NO7S. The summed E-state index contributed by atoms with van der Waals surface area (Å²) < 4.78 is 19.0. The quantitative estimate of drug-likeness (QED) is 0.0515. The SMILES string of the molecule is COC1CCCC(C[C@@H](C)[C@H](CC(=O)[C@H](C)/C=C(\C)C(O)[C@@H](OC)C(=O)C(C)C[C@H](C)/C=C/C=C/C=C(\C)C(C)N2CCCCS2)OC=O)C1. The summed E-state index contributed by atoms with van der Waals surface area (Å²) in [5.41, 5.74) is 1.84. The number of carbonyl (C=O) groups is 3. The van der Waals surface area contributed by atoms with Crippen LogP contribution >= 0.6 is 11.9 Å². The molecule has 1 aliphatic heterocycles. The van der Waals surface area contributed by atoms with Gasteiger partial charge in [0.05, 0.1) is 6.10 Å². The van der Waals surface area contributed by atoms with Crippen LogP contribution in [0.15, 0.2) is 47.6 Å². The lowest BCUT2D eigenvalue weighted by molar-refractivity contribution is -0.139. The van der Waals surface area contributed by atoms with Crippen molar-refractivity contribution in [3.8, 4) is 0 Å². The lowest BCUT2D eigenvalue weighted by Gasteiger charge is -2.32. The lowest BCUT2D eigenvalue weighted by atomic mass is 9.79. The molecule has 0 amide bonds. The van der Waals surface area contributed by atoms with E-state index in [0.29, 0.717) is 30.4 Å². The molecule has 2 rings (SSSR count). The number of ketones is 2. The van der Waals surface area contributed by atoms with E-state index in [1.54, 1.807) is 27.0 Å². The van der Waals surface area contributed by atoms with Crippen LogP contribution in [0, 0.1) is 29.6 Å². The molecule has 0 aromatic carbocycles. The van der Waals surface area contributed by atoms with Crippen molar-refractivity contribution in [3.63, 3.8) is 0 Å². The second-order valence-corrected chi connectivity index (χ2v) is 16.0. The monoisotopic (exact) mass is 717 g/mol. The van der Waals surface area contributed by atoms with Gasteiger partial charge in [-0.1, -0.05) is 94.5 Å². The number of carbonyl (C=O) groups excluding carboxylic acids is 3. The average molecular weight is 718 g/mol. The van der Waals surface area contributed by atoms with Gasteiger partial charge in [-0.3, -0.25) is 14.4 Å². The summed E-state index contributed by atoms with van der Waals surface area (Å²) in [4.78, 5) is 38.0. The van der Waals surface area contributed by atoms with Crippen molar-refractivity contribution in [1.29, 1.82) is 0 Å². The van der Waals surface area contributed by atoms with Crippen LogP contribution in [0.5, 0.6) is 0 Å². The van der Waals surface area contributed by atoms with Crippen LogP contribution in [0.1, 0.15) is 106 Å². The fourth-order valence-electron chi connectivity index (χ4n) is 7.26. The summed E-state index contributed by atoms with van der Waals surface area (Å²) in [6, 6.07) is 0.413. The smallest absolute Gasteiger partial charge is 0.293 e. The first-order valence-corrected chi connectivity index (χ1v) is 19.8. The molecule has 10 atom stereocenters. The molecule has 1 N–H and O–H groups in total. The van der Waals surface area contributed by atoms with Crippen molar-refractivity contribution in [2.24, 2.45) is 29.6 Å². The van der Waals surface area contributed by atoms with Crippen LogP contribution in [-0.2, 0) is 28.6 Å². The van der Waals surface area contributed by atoms with Crippen molar-refractivity contribution in [2.75, 3.05) is 26.5 Å². The maximum atomic E-state index is 13.4. The molecule has 1 heterocycles. The number of methoxy groups -OCH3 is 2. The van der Waals surface area contributed by atoms with E-state index in [2.05, 4.69) is 43.3 Å². The minimum absolute atomic E-state index is 0.0243. The highest BCUT2D eigenvalue weighted by molar-refractivity contribution is 7.97. The fraction of sp³-hybridized carbons (Fsp3) is 0.732. The molecule has 1 saturated carbocycles. The first-order valence-electron chi connectivity index (χ1n) is 18.8. The van der Waals surface area contributed by atoms with Gasteiger partial charge in [0, 0.05) is 50.8 Å². The third-order valence-electron chi connectivity index (χ3n) is 10.7. The van der Waals surface area contributed by atoms with Gasteiger partial charge in [0.25, 0.3) is 6.47 Å². The van der Waals surface area contributed by atoms with E-state index >= 15 is 0 Å². The Hall–Kier alpha value is -2.04. The van der Waals surface area contributed by atoms with Crippen molar-refractivity contribution in [2.45, 2.75) is 137 Å². The number of ether oxygens (including phenoxy) is 3. The number of aliphatic hydroxyl groups is 1. The zero-order valence-electron chi connectivity index (χ0n) is 32.3. The highest BCUT2D eigenvalue weighted by Crippen LogP contribution is 2.33. The molecular weight excluding hydrogens is 651 g/mol. The molecule has 0 aromatic heterocycles. The zero-order valence-corrected chi connectivity index (χ0v) is 33.2. The van der Waals surface area contributed by atoms with E-state index in [4.69, 9.17) is 14.2 Å². The molecule has 9 heteroatoms. The van der Waals surface area contributed by atoms with Crippen LogP contribution in [0.2, 0.25) is 0 Å². The minimum atomic E-state index is -1.18. The van der Waals surface area contributed by atoms with Gasteiger partial charge in [-0.25, -0.2) is 4.31 Å². The molecule has 1 saturated heterocycles. The highest BCUT2D eigenvalue weighted by Gasteiger charge is 2.33. The second kappa shape index (κ2) is 23.5. The molecule has 2 aliphatic rings. The number of rotatable bonds is 22. The Balaban J connectivity index is 1.91. The molecule has 5 unspecified atom stereocenters. The molecule has 0 spiro atoms. The number of hydrogen-bond acceptors (Lipinski definition) is 9. The minimum Gasteiger partial charge on any atom is -0.464 e. The first-order chi connectivity index (χ1) is 23.8. The summed E-state index contributed by atoms with van der Waals surface area (Å²) in [5.74, 6) is 0.735. The number of hydrogen-bond donors (Lipinski definition) is 1. The van der Waals surface area contributed by atoms with Gasteiger partial charge >= 0.3 is 0 Å². The first kappa shape index (κ1) is 44.1. The van der Waals surface area contributed by atoms with Crippen LogP contribution in [0.4, 0.5) is 0 Å². The maximum Gasteiger partial charge on any atom is 0.293 e. The Bertz CT molecular complexity index is 1160. The van der Waals surface area contributed by atoms with Crippen LogP contribution in [-0.4, -0.2) is 84.4 Å².